The Hall–Kier alpha value is -4.67. The van der Waals surface area contributed by atoms with Gasteiger partial charge in [-0.3, -0.25) is 24.0 Å². The highest BCUT2D eigenvalue weighted by atomic mass is 19.4. The second-order valence-electron chi connectivity index (χ2n) is 8.42. The largest absolute Gasteiger partial charge is 0.462 e. The average Bonchev–Trinajstić information content (AvgIpc) is 3.58. The first-order valence-corrected chi connectivity index (χ1v) is 11.1. The van der Waals surface area contributed by atoms with Crippen molar-refractivity contribution >= 4 is 17.7 Å². The average molecular weight is 508 g/mol. The lowest BCUT2D eigenvalue weighted by Crippen LogP contribution is -2.41. The van der Waals surface area contributed by atoms with E-state index in [1.807, 2.05) is 0 Å². The van der Waals surface area contributed by atoms with Crippen LogP contribution in [0.1, 0.15) is 48.2 Å². The number of halogens is 3. The lowest BCUT2D eigenvalue weighted by atomic mass is 9.98. The number of rotatable bonds is 6. The Balaban J connectivity index is 1.49. The van der Waals surface area contributed by atoms with Crippen LogP contribution in [0.3, 0.4) is 0 Å². The maximum absolute atomic E-state index is 13.9. The molecular formula is C26H19F3N4O4. The third-order valence-electron chi connectivity index (χ3n) is 6.13. The molecule has 1 aliphatic heterocycles. The van der Waals surface area contributed by atoms with Gasteiger partial charge in [-0.25, -0.2) is 0 Å². The summed E-state index contributed by atoms with van der Waals surface area (Å²) in [4.78, 5) is 39.8. The molecule has 2 aromatic heterocycles. The van der Waals surface area contributed by atoms with E-state index in [2.05, 4.69) is 10.4 Å². The summed E-state index contributed by atoms with van der Waals surface area (Å²) >= 11 is 0. The van der Waals surface area contributed by atoms with Gasteiger partial charge in [-0.15, -0.1) is 0 Å². The fourth-order valence-electron chi connectivity index (χ4n) is 4.32. The van der Waals surface area contributed by atoms with Crippen molar-refractivity contribution in [2.45, 2.75) is 12.2 Å². The first kappa shape index (κ1) is 24.0. The Morgan fingerprint density at radius 1 is 1.03 bits per heavy atom. The zero-order valence-corrected chi connectivity index (χ0v) is 19.3. The van der Waals surface area contributed by atoms with Gasteiger partial charge in [-0.05, 0) is 35.9 Å². The molecule has 0 saturated heterocycles. The molecule has 1 atom stereocenters. The van der Waals surface area contributed by atoms with Crippen LogP contribution in [0, 0.1) is 0 Å². The van der Waals surface area contributed by atoms with Crippen molar-refractivity contribution in [1.29, 1.82) is 0 Å². The molecule has 1 aliphatic rings. The summed E-state index contributed by atoms with van der Waals surface area (Å²) in [6, 6.07) is 12.6. The van der Waals surface area contributed by atoms with E-state index in [1.165, 1.54) is 47.3 Å². The molecule has 5 rings (SSSR count). The standard InChI is InChI=1S/C26H19F3N4O4/c1-32-21(10-11-30-32)22-12-15(14-37-22)23(34)31-20(18-8-4-5-9-19(18)26(27,28)29)13-33-24(35)16-6-2-3-7-17(16)25(33)36/h2-12,14,20H,13H2,1H3,(H,31,34). The number of nitrogens with one attached hydrogen (secondary N) is 1. The highest BCUT2D eigenvalue weighted by Crippen LogP contribution is 2.36. The molecule has 37 heavy (non-hydrogen) atoms. The quantitative estimate of drug-likeness (QED) is 0.388. The minimum absolute atomic E-state index is 0.0491. The van der Waals surface area contributed by atoms with E-state index in [9.17, 15) is 27.6 Å². The first-order chi connectivity index (χ1) is 17.6. The number of imide groups is 1. The van der Waals surface area contributed by atoms with Crippen LogP contribution in [0.15, 0.2) is 77.5 Å². The number of fused-ring (bicyclic) bond motifs is 1. The van der Waals surface area contributed by atoms with Gasteiger partial charge in [0.15, 0.2) is 5.76 Å². The van der Waals surface area contributed by atoms with Gasteiger partial charge in [0.05, 0.1) is 34.8 Å². The molecule has 0 saturated carbocycles. The summed E-state index contributed by atoms with van der Waals surface area (Å²) < 4.78 is 48.6. The van der Waals surface area contributed by atoms with Crippen LogP contribution in [0.25, 0.3) is 11.5 Å². The van der Waals surface area contributed by atoms with Crippen molar-refractivity contribution in [3.05, 3.63) is 101 Å². The van der Waals surface area contributed by atoms with Gasteiger partial charge >= 0.3 is 6.18 Å². The number of aryl methyl sites for hydroxylation is 1. The number of amides is 3. The summed E-state index contributed by atoms with van der Waals surface area (Å²) in [7, 11) is 1.68. The molecule has 0 aliphatic carbocycles. The Kier molecular flexibility index (Phi) is 5.90. The molecule has 2 aromatic carbocycles. The van der Waals surface area contributed by atoms with Crippen molar-refractivity contribution in [1.82, 2.24) is 20.0 Å². The third-order valence-corrected chi connectivity index (χ3v) is 6.13. The van der Waals surface area contributed by atoms with Gasteiger partial charge in [-0.1, -0.05) is 30.3 Å². The zero-order valence-electron chi connectivity index (χ0n) is 19.3. The summed E-state index contributed by atoms with van der Waals surface area (Å²) in [6.07, 6.45) is -2.01. The van der Waals surface area contributed by atoms with Gasteiger partial charge in [0.1, 0.15) is 12.0 Å². The minimum atomic E-state index is -4.73. The van der Waals surface area contributed by atoms with Crippen LogP contribution in [-0.4, -0.2) is 38.9 Å². The highest BCUT2D eigenvalue weighted by Gasteiger charge is 2.40. The number of hydrogen-bond acceptors (Lipinski definition) is 5. The fraction of sp³-hybridized carbons (Fsp3) is 0.154. The lowest BCUT2D eigenvalue weighted by molar-refractivity contribution is -0.138. The Labute approximate surface area is 208 Å². The van der Waals surface area contributed by atoms with Crippen molar-refractivity contribution in [2.75, 3.05) is 6.54 Å². The number of aromatic nitrogens is 2. The number of nitrogens with zero attached hydrogens (tertiary/aromatic N) is 3. The SMILES string of the molecule is Cn1nccc1-c1cc(C(=O)NC(CN2C(=O)c3ccccc3C2=O)c2ccccc2C(F)(F)F)co1. The van der Waals surface area contributed by atoms with Gasteiger partial charge in [0.25, 0.3) is 17.7 Å². The third kappa shape index (κ3) is 4.39. The van der Waals surface area contributed by atoms with Crippen LogP contribution in [0.2, 0.25) is 0 Å². The van der Waals surface area contributed by atoms with Crippen LogP contribution in [-0.2, 0) is 13.2 Å². The number of carbonyl (C=O) groups excluding carboxylic acids is 3. The smallest absolute Gasteiger partial charge is 0.416 e. The van der Waals surface area contributed by atoms with E-state index in [4.69, 9.17) is 4.42 Å². The van der Waals surface area contributed by atoms with Crippen LogP contribution in [0.4, 0.5) is 13.2 Å². The maximum atomic E-state index is 13.9. The molecule has 0 fully saturated rings. The Bertz CT molecular complexity index is 1490. The molecule has 4 aromatic rings. The summed E-state index contributed by atoms with van der Waals surface area (Å²) in [5.41, 5.74) is -0.332. The van der Waals surface area contributed by atoms with E-state index in [0.29, 0.717) is 11.5 Å². The van der Waals surface area contributed by atoms with E-state index in [-0.39, 0.29) is 22.3 Å². The maximum Gasteiger partial charge on any atom is 0.416 e. The lowest BCUT2D eigenvalue weighted by Gasteiger charge is -2.26. The number of benzene rings is 2. The number of carbonyl (C=O) groups is 3. The molecular weight excluding hydrogens is 489 g/mol. The minimum Gasteiger partial charge on any atom is -0.462 e. The molecule has 0 radical (unpaired) electrons. The Morgan fingerprint density at radius 3 is 2.30 bits per heavy atom. The molecule has 1 N–H and O–H groups in total. The van der Waals surface area contributed by atoms with E-state index < -0.39 is 42.0 Å². The van der Waals surface area contributed by atoms with Crippen LogP contribution >= 0.6 is 0 Å². The molecule has 3 amide bonds. The summed E-state index contributed by atoms with van der Waals surface area (Å²) in [6.45, 7) is -0.502. The van der Waals surface area contributed by atoms with E-state index >= 15 is 0 Å². The predicted molar refractivity (Wildman–Crippen MR) is 124 cm³/mol. The molecule has 0 bridgehead atoms. The molecule has 8 nitrogen and oxygen atoms in total. The second-order valence-corrected chi connectivity index (χ2v) is 8.42. The number of hydrogen-bond donors (Lipinski definition) is 1. The first-order valence-electron chi connectivity index (χ1n) is 11.1. The van der Waals surface area contributed by atoms with Crippen molar-refractivity contribution in [3.63, 3.8) is 0 Å². The number of furan rings is 1. The highest BCUT2D eigenvalue weighted by molar-refractivity contribution is 6.21. The topological polar surface area (TPSA) is 97.4 Å². The normalized spacial score (nSPS) is 14.1. The van der Waals surface area contributed by atoms with E-state index in [0.717, 1.165) is 11.0 Å². The monoisotopic (exact) mass is 508 g/mol. The molecule has 188 valence electrons. The zero-order chi connectivity index (χ0) is 26.3. The second kappa shape index (κ2) is 9.08. The van der Waals surface area contributed by atoms with Gasteiger partial charge < -0.3 is 9.73 Å². The molecule has 0 spiro atoms. The molecule has 11 heteroatoms. The van der Waals surface area contributed by atoms with Gasteiger partial charge in [0.2, 0.25) is 0 Å². The van der Waals surface area contributed by atoms with Crippen molar-refractivity contribution < 1.29 is 32.0 Å². The van der Waals surface area contributed by atoms with Crippen molar-refractivity contribution in [2.24, 2.45) is 7.05 Å². The fourth-order valence-corrected chi connectivity index (χ4v) is 4.32. The number of alkyl halides is 3. The van der Waals surface area contributed by atoms with Crippen LogP contribution < -0.4 is 5.32 Å². The van der Waals surface area contributed by atoms with Crippen LogP contribution in [0.5, 0.6) is 0 Å². The van der Waals surface area contributed by atoms with Crippen molar-refractivity contribution in [3.8, 4) is 11.5 Å². The Morgan fingerprint density at radius 2 is 1.68 bits per heavy atom. The predicted octanol–water partition coefficient (Wildman–Crippen LogP) is 4.47. The molecule has 1 unspecified atom stereocenters. The van der Waals surface area contributed by atoms with E-state index in [1.54, 1.807) is 31.4 Å². The molecule has 3 heterocycles. The van der Waals surface area contributed by atoms with Gasteiger partial charge in [-0.2, -0.15) is 18.3 Å². The summed E-state index contributed by atoms with van der Waals surface area (Å²) in [5.74, 6) is -1.70. The van der Waals surface area contributed by atoms with Gasteiger partial charge in [0, 0.05) is 13.2 Å². The summed E-state index contributed by atoms with van der Waals surface area (Å²) in [5, 5.41) is 6.60.